The zero-order valence-corrected chi connectivity index (χ0v) is 11.0. The van der Waals surface area contributed by atoms with Crippen LogP contribution in [0.15, 0.2) is 47.4 Å². The van der Waals surface area contributed by atoms with Gasteiger partial charge in [0.25, 0.3) is 10.1 Å². The van der Waals surface area contributed by atoms with E-state index in [-0.39, 0.29) is 10.6 Å². The predicted molar refractivity (Wildman–Crippen MR) is 72.9 cm³/mol. The van der Waals surface area contributed by atoms with Crippen molar-refractivity contribution in [2.24, 2.45) is 0 Å². The van der Waals surface area contributed by atoms with Crippen LogP contribution >= 0.6 is 0 Å². The lowest BCUT2D eigenvalue weighted by atomic mass is 10.0. The minimum absolute atomic E-state index is 0.00476. The van der Waals surface area contributed by atoms with Crippen LogP contribution in [0.25, 0.3) is 11.1 Å². The highest BCUT2D eigenvalue weighted by Crippen LogP contribution is 2.37. The molecule has 0 fully saturated rings. The Kier molecular flexibility index (Phi) is 3.46. The summed E-state index contributed by atoms with van der Waals surface area (Å²) < 4.78 is 32.0. The van der Waals surface area contributed by atoms with Gasteiger partial charge in [-0.2, -0.15) is 8.42 Å². The van der Waals surface area contributed by atoms with Crippen LogP contribution in [0.1, 0.15) is 0 Å². The predicted octanol–water partition coefficient (Wildman–Crippen LogP) is 2.35. The maximum absolute atomic E-state index is 11.4. The van der Waals surface area contributed by atoms with Gasteiger partial charge in [0.15, 0.2) is 0 Å². The Balaban J connectivity index is 2.77. The molecule has 0 saturated heterocycles. The van der Waals surface area contributed by atoms with E-state index in [9.17, 15) is 18.1 Å². The molecule has 0 heterocycles. The molecule has 0 unspecified atom stereocenters. The van der Waals surface area contributed by atoms with Crippen LogP contribution in [0.3, 0.4) is 0 Å². The maximum atomic E-state index is 11.4. The van der Waals surface area contributed by atoms with E-state index in [1.807, 2.05) is 0 Å². The Morgan fingerprint density at radius 2 is 1.63 bits per heavy atom. The molecule has 2 rings (SSSR count). The quantitative estimate of drug-likeness (QED) is 0.593. The van der Waals surface area contributed by atoms with Crippen LogP contribution in [-0.4, -0.2) is 25.1 Å². The fraction of sp³-hybridized carbons (Fsp3) is 0.0769. The Morgan fingerprint density at radius 3 is 2.26 bits per heavy atom. The third kappa shape index (κ3) is 2.54. The molecule has 0 saturated carbocycles. The highest BCUT2D eigenvalue weighted by atomic mass is 32.2. The molecular weight excluding hydrogens is 266 g/mol. The summed E-state index contributed by atoms with van der Waals surface area (Å²) in [5.41, 5.74) is 1.22. The van der Waals surface area contributed by atoms with Gasteiger partial charge >= 0.3 is 0 Å². The van der Waals surface area contributed by atoms with Crippen molar-refractivity contribution in [1.29, 1.82) is 0 Å². The third-order valence-corrected chi connectivity index (χ3v) is 3.66. The van der Waals surface area contributed by atoms with Crippen molar-refractivity contribution in [1.82, 2.24) is 0 Å². The van der Waals surface area contributed by atoms with Crippen molar-refractivity contribution in [2.75, 3.05) is 12.4 Å². The Hall–Kier alpha value is -2.05. The molecular formula is C13H13NO4S. The van der Waals surface area contributed by atoms with Gasteiger partial charge in [0.1, 0.15) is 10.6 Å². The van der Waals surface area contributed by atoms with Gasteiger partial charge in [0.2, 0.25) is 0 Å². The van der Waals surface area contributed by atoms with Gasteiger partial charge in [-0.05, 0) is 12.1 Å². The summed E-state index contributed by atoms with van der Waals surface area (Å²) in [7, 11) is -2.71. The fourth-order valence-corrected chi connectivity index (χ4v) is 2.65. The van der Waals surface area contributed by atoms with Crippen molar-refractivity contribution >= 4 is 15.8 Å². The van der Waals surface area contributed by atoms with Gasteiger partial charge in [-0.3, -0.25) is 4.55 Å². The number of benzene rings is 2. The topological polar surface area (TPSA) is 86.6 Å². The summed E-state index contributed by atoms with van der Waals surface area (Å²) in [5, 5.41) is 12.6. The second-order valence-electron chi connectivity index (χ2n) is 3.92. The normalized spacial score (nSPS) is 11.3. The summed E-state index contributed by atoms with van der Waals surface area (Å²) in [6, 6.07) is 10.8. The fourth-order valence-electron chi connectivity index (χ4n) is 1.94. The van der Waals surface area contributed by atoms with Gasteiger partial charge in [0.05, 0.1) is 5.69 Å². The van der Waals surface area contributed by atoms with E-state index in [4.69, 9.17) is 0 Å². The average Bonchev–Trinajstić information content (AvgIpc) is 2.37. The number of hydrogen-bond donors (Lipinski definition) is 3. The van der Waals surface area contributed by atoms with Gasteiger partial charge in [-0.15, -0.1) is 0 Å². The van der Waals surface area contributed by atoms with Crippen molar-refractivity contribution in [3.05, 3.63) is 42.5 Å². The van der Waals surface area contributed by atoms with Crippen LogP contribution in [0.2, 0.25) is 0 Å². The lowest BCUT2D eigenvalue weighted by Gasteiger charge is -2.13. The van der Waals surface area contributed by atoms with E-state index in [2.05, 4.69) is 5.32 Å². The van der Waals surface area contributed by atoms with E-state index >= 15 is 0 Å². The molecule has 2 aromatic carbocycles. The van der Waals surface area contributed by atoms with Crippen LogP contribution in [0.5, 0.6) is 5.75 Å². The first kappa shape index (κ1) is 13.4. The number of rotatable bonds is 3. The number of aromatic hydroxyl groups is 1. The zero-order chi connectivity index (χ0) is 14.0. The molecule has 2 aromatic rings. The van der Waals surface area contributed by atoms with Crippen molar-refractivity contribution in [2.45, 2.75) is 4.90 Å². The van der Waals surface area contributed by atoms with E-state index in [1.54, 1.807) is 31.3 Å². The van der Waals surface area contributed by atoms with Gasteiger partial charge in [0, 0.05) is 18.2 Å². The molecule has 0 spiro atoms. The number of para-hydroxylation sites is 1. The molecule has 0 amide bonds. The van der Waals surface area contributed by atoms with Crippen molar-refractivity contribution in [3.8, 4) is 16.9 Å². The van der Waals surface area contributed by atoms with Crippen LogP contribution in [0.4, 0.5) is 5.69 Å². The molecule has 0 radical (unpaired) electrons. The molecule has 19 heavy (non-hydrogen) atoms. The second kappa shape index (κ2) is 4.91. The maximum Gasteiger partial charge on any atom is 0.295 e. The van der Waals surface area contributed by atoms with Crippen LogP contribution in [-0.2, 0) is 10.1 Å². The first-order chi connectivity index (χ1) is 8.95. The SMILES string of the molecule is CNc1c(O)cccc1-c1ccccc1S(=O)(=O)O. The number of phenols is 1. The number of anilines is 1. The van der Waals surface area contributed by atoms with Crippen molar-refractivity contribution in [3.63, 3.8) is 0 Å². The molecule has 0 atom stereocenters. The second-order valence-corrected chi connectivity index (χ2v) is 5.31. The van der Waals surface area contributed by atoms with Gasteiger partial charge in [-0.25, -0.2) is 0 Å². The van der Waals surface area contributed by atoms with E-state index in [1.165, 1.54) is 18.2 Å². The lowest BCUT2D eigenvalue weighted by molar-refractivity contribution is 0.477. The molecule has 5 nitrogen and oxygen atoms in total. The smallest absolute Gasteiger partial charge is 0.295 e. The molecule has 0 bridgehead atoms. The third-order valence-electron chi connectivity index (χ3n) is 2.75. The molecule has 0 aliphatic rings. The van der Waals surface area contributed by atoms with Crippen molar-refractivity contribution < 1.29 is 18.1 Å². The average molecular weight is 279 g/mol. The number of nitrogens with one attached hydrogen (secondary N) is 1. The molecule has 0 aromatic heterocycles. The summed E-state index contributed by atoms with van der Waals surface area (Å²) in [6.07, 6.45) is 0. The van der Waals surface area contributed by atoms with Gasteiger partial charge in [-0.1, -0.05) is 30.3 Å². The van der Waals surface area contributed by atoms with E-state index in [0.717, 1.165) is 0 Å². The summed E-state index contributed by atoms with van der Waals surface area (Å²) >= 11 is 0. The van der Waals surface area contributed by atoms with Gasteiger partial charge < -0.3 is 10.4 Å². The molecule has 0 aliphatic heterocycles. The minimum Gasteiger partial charge on any atom is -0.506 e. The molecule has 3 N–H and O–H groups in total. The summed E-state index contributed by atoms with van der Waals surface area (Å²) in [4.78, 5) is -0.197. The first-order valence-electron chi connectivity index (χ1n) is 5.52. The minimum atomic E-state index is -4.33. The summed E-state index contributed by atoms with van der Waals surface area (Å²) in [6.45, 7) is 0. The molecule has 100 valence electrons. The standard InChI is InChI=1S/C13H13NO4S/c1-14-13-10(6-4-7-11(13)15)9-5-2-3-8-12(9)19(16,17)18/h2-8,14-15H,1H3,(H,16,17,18). The largest absolute Gasteiger partial charge is 0.506 e. The zero-order valence-electron chi connectivity index (χ0n) is 10.2. The molecule has 6 heteroatoms. The lowest BCUT2D eigenvalue weighted by Crippen LogP contribution is -2.02. The Labute approximate surface area is 111 Å². The monoisotopic (exact) mass is 279 g/mol. The highest BCUT2D eigenvalue weighted by Gasteiger charge is 2.18. The Bertz CT molecular complexity index is 710. The van der Waals surface area contributed by atoms with E-state index in [0.29, 0.717) is 16.8 Å². The number of hydrogen-bond acceptors (Lipinski definition) is 4. The van der Waals surface area contributed by atoms with E-state index < -0.39 is 10.1 Å². The number of phenolic OH excluding ortho intramolecular Hbond substituents is 1. The first-order valence-corrected chi connectivity index (χ1v) is 6.96. The van der Waals surface area contributed by atoms with Crippen LogP contribution in [0, 0.1) is 0 Å². The summed E-state index contributed by atoms with van der Waals surface area (Å²) in [5.74, 6) is 0.00476. The van der Waals surface area contributed by atoms with Crippen LogP contribution < -0.4 is 5.32 Å². The highest BCUT2D eigenvalue weighted by molar-refractivity contribution is 7.86. The Morgan fingerprint density at radius 1 is 1.00 bits per heavy atom. The molecule has 0 aliphatic carbocycles.